The molecule has 1 aromatic carbocycles. The van der Waals surface area contributed by atoms with Crippen LogP contribution in [-0.2, 0) is 11.8 Å². The van der Waals surface area contributed by atoms with Crippen LogP contribution >= 0.6 is 0 Å². The van der Waals surface area contributed by atoms with Crippen LogP contribution in [0.5, 0.6) is 0 Å². The molecule has 9 heteroatoms. The van der Waals surface area contributed by atoms with Gasteiger partial charge in [-0.3, -0.25) is 9.59 Å². The zero-order valence-corrected chi connectivity index (χ0v) is 19.3. The van der Waals surface area contributed by atoms with Crippen molar-refractivity contribution in [1.29, 1.82) is 0 Å². The number of carbonyl (C=O) groups is 1. The van der Waals surface area contributed by atoms with Gasteiger partial charge in [0.05, 0.1) is 12.0 Å². The fourth-order valence-corrected chi connectivity index (χ4v) is 3.46. The lowest BCUT2D eigenvalue weighted by Gasteiger charge is -2.13. The van der Waals surface area contributed by atoms with Crippen LogP contribution in [0, 0.1) is 6.92 Å². The predicted octanol–water partition coefficient (Wildman–Crippen LogP) is 3.50. The Morgan fingerprint density at radius 2 is 1.85 bits per heavy atom. The summed E-state index contributed by atoms with van der Waals surface area (Å²) in [6, 6.07) is 14.5. The van der Waals surface area contributed by atoms with Gasteiger partial charge in [0, 0.05) is 44.3 Å². The molecule has 0 saturated carbocycles. The van der Waals surface area contributed by atoms with E-state index < -0.39 is 0 Å². The summed E-state index contributed by atoms with van der Waals surface area (Å²) >= 11 is 0. The van der Waals surface area contributed by atoms with Crippen molar-refractivity contribution in [3.05, 3.63) is 82.4 Å². The minimum atomic E-state index is -0.183. The summed E-state index contributed by atoms with van der Waals surface area (Å²) in [5, 5.41) is 10.4. The van der Waals surface area contributed by atoms with E-state index in [9.17, 15) is 9.59 Å². The number of pyridine rings is 3. The molecule has 1 amide bonds. The zero-order valence-electron chi connectivity index (χ0n) is 19.3. The van der Waals surface area contributed by atoms with Crippen molar-refractivity contribution in [1.82, 2.24) is 19.9 Å². The van der Waals surface area contributed by atoms with E-state index in [2.05, 4.69) is 25.9 Å². The Hall–Kier alpha value is -4.24. The molecule has 0 aliphatic carbocycles. The lowest BCUT2D eigenvalue weighted by atomic mass is 10.1. The molecular weight excluding hydrogens is 432 g/mol. The molecule has 3 heterocycles. The molecule has 4 rings (SSSR count). The number of nitrogens with one attached hydrogen (secondary N) is 3. The predicted molar refractivity (Wildman–Crippen MR) is 133 cm³/mol. The van der Waals surface area contributed by atoms with Gasteiger partial charge in [0.25, 0.3) is 11.5 Å². The van der Waals surface area contributed by atoms with E-state index in [4.69, 9.17) is 4.74 Å². The lowest BCUT2D eigenvalue weighted by molar-refractivity contribution is 0.0937. The Kier molecular flexibility index (Phi) is 6.84. The van der Waals surface area contributed by atoms with Crippen LogP contribution < -0.4 is 21.5 Å². The molecule has 0 bridgehead atoms. The first kappa shape index (κ1) is 22.9. The molecular formula is C25H26N6O3. The highest BCUT2D eigenvalue weighted by Gasteiger charge is 2.13. The quantitative estimate of drug-likeness (QED) is 0.347. The molecule has 4 aromatic rings. The van der Waals surface area contributed by atoms with Gasteiger partial charge in [-0.2, -0.15) is 0 Å². The number of nitrogens with zero attached hydrogens (tertiary/aromatic N) is 3. The maximum Gasteiger partial charge on any atom is 0.261 e. The molecule has 34 heavy (non-hydrogen) atoms. The number of methoxy groups -OCH3 is 1. The second kappa shape index (κ2) is 10.1. The Morgan fingerprint density at radius 1 is 1.06 bits per heavy atom. The van der Waals surface area contributed by atoms with E-state index in [0.29, 0.717) is 47.2 Å². The SMILES string of the molecule is COCCNC(=O)c1ccc(Nc2nc(Nc3cc(C)ccn3)cc3ccn(C)c(=O)c23)cc1. The van der Waals surface area contributed by atoms with Crippen molar-refractivity contribution in [3.8, 4) is 0 Å². The number of ether oxygens (including phenoxy) is 1. The highest BCUT2D eigenvalue weighted by molar-refractivity contribution is 5.96. The smallest absolute Gasteiger partial charge is 0.261 e. The van der Waals surface area contributed by atoms with E-state index in [1.165, 1.54) is 4.57 Å². The Bertz CT molecular complexity index is 1380. The van der Waals surface area contributed by atoms with Gasteiger partial charge in [-0.15, -0.1) is 0 Å². The van der Waals surface area contributed by atoms with Crippen molar-refractivity contribution in [3.63, 3.8) is 0 Å². The van der Waals surface area contributed by atoms with Crippen LogP contribution in [0.25, 0.3) is 10.8 Å². The Balaban J connectivity index is 1.66. The fraction of sp³-hybridized carbons (Fsp3) is 0.200. The number of anilines is 4. The standard InChI is InChI=1S/C25H26N6O3/c1-16-8-10-26-20(14-16)29-21-15-18-9-12-31(2)25(33)22(18)23(30-21)28-19-6-4-17(5-7-19)24(32)27-11-13-34-3/h4-10,12,14-15H,11,13H2,1-3H3,(H,27,32)(H2,26,28,29,30). The second-order valence-electron chi connectivity index (χ2n) is 7.85. The molecule has 0 fully saturated rings. The monoisotopic (exact) mass is 458 g/mol. The van der Waals surface area contributed by atoms with Gasteiger partial charge in [0.1, 0.15) is 17.5 Å². The molecule has 0 radical (unpaired) electrons. The Morgan fingerprint density at radius 3 is 2.59 bits per heavy atom. The lowest BCUT2D eigenvalue weighted by Crippen LogP contribution is -2.26. The number of rotatable bonds is 8. The van der Waals surface area contributed by atoms with Gasteiger partial charge < -0.3 is 25.3 Å². The van der Waals surface area contributed by atoms with Crippen LogP contribution in [0.15, 0.2) is 65.7 Å². The number of benzene rings is 1. The van der Waals surface area contributed by atoms with Gasteiger partial charge in [-0.05, 0) is 66.4 Å². The average Bonchev–Trinajstić information content (AvgIpc) is 2.82. The molecule has 3 N–H and O–H groups in total. The van der Waals surface area contributed by atoms with Crippen LogP contribution in [0.1, 0.15) is 15.9 Å². The van der Waals surface area contributed by atoms with Gasteiger partial charge in [-0.1, -0.05) is 0 Å². The molecule has 9 nitrogen and oxygen atoms in total. The minimum Gasteiger partial charge on any atom is -0.383 e. The van der Waals surface area contributed by atoms with Crippen molar-refractivity contribution >= 4 is 39.8 Å². The van der Waals surface area contributed by atoms with E-state index in [-0.39, 0.29) is 11.5 Å². The van der Waals surface area contributed by atoms with E-state index >= 15 is 0 Å². The van der Waals surface area contributed by atoms with E-state index in [1.54, 1.807) is 50.8 Å². The van der Waals surface area contributed by atoms with Crippen molar-refractivity contribution < 1.29 is 9.53 Å². The fourth-order valence-electron chi connectivity index (χ4n) is 3.46. The third kappa shape index (κ3) is 5.21. The number of hydrogen-bond acceptors (Lipinski definition) is 7. The van der Waals surface area contributed by atoms with Gasteiger partial charge in [0.2, 0.25) is 0 Å². The molecule has 3 aromatic heterocycles. The van der Waals surface area contributed by atoms with E-state index in [0.717, 1.165) is 10.9 Å². The van der Waals surface area contributed by atoms with E-state index in [1.807, 2.05) is 31.2 Å². The maximum absolute atomic E-state index is 12.9. The number of aromatic nitrogens is 3. The topological polar surface area (TPSA) is 110 Å². The molecule has 174 valence electrons. The summed E-state index contributed by atoms with van der Waals surface area (Å²) in [6.45, 7) is 2.87. The molecule has 0 unspecified atom stereocenters. The molecule has 0 spiro atoms. The molecule has 0 aliphatic heterocycles. The van der Waals surface area contributed by atoms with Crippen LogP contribution in [0.2, 0.25) is 0 Å². The average molecular weight is 459 g/mol. The number of carbonyl (C=O) groups excluding carboxylic acids is 1. The summed E-state index contributed by atoms with van der Waals surface area (Å²) < 4.78 is 6.46. The maximum atomic E-state index is 12.9. The first-order chi connectivity index (χ1) is 16.4. The zero-order chi connectivity index (χ0) is 24.1. The highest BCUT2D eigenvalue weighted by Crippen LogP contribution is 2.26. The summed E-state index contributed by atoms with van der Waals surface area (Å²) in [6.07, 6.45) is 3.45. The summed E-state index contributed by atoms with van der Waals surface area (Å²) in [7, 11) is 3.28. The van der Waals surface area contributed by atoms with Crippen molar-refractivity contribution in [2.24, 2.45) is 7.05 Å². The van der Waals surface area contributed by atoms with Crippen LogP contribution in [0.3, 0.4) is 0 Å². The van der Waals surface area contributed by atoms with Gasteiger partial charge in [0.15, 0.2) is 0 Å². The number of amides is 1. The number of hydrogen-bond donors (Lipinski definition) is 3. The van der Waals surface area contributed by atoms with Crippen molar-refractivity contribution in [2.45, 2.75) is 6.92 Å². The molecule has 0 aliphatic rings. The first-order valence-corrected chi connectivity index (χ1v) is 10.8. The largest absolute Gasteiger partial charge is 0.383 e. The Labute approximate surface area is 196 Å². The van der Waals surface area contributed by atoms with Crippen LogP contribution in [-0.4, -0.2) is 40.7 Å². The normalized spacial score (nSPS) is 10.8. The van der Waals surface area contributed by atoms with Crippen molar-refractivity contribution in [2.75, 3.05) is 30.9 Å². The molecule has 0 saturated heterocycles. The third-order valence-corrected chi connectivity index (χ3v) is 5.24. The summed E-state index contributed by atoms with van der Waals surface area (Å²) in [4.78, 5) is 34.1. The molecule has 0 atom stereocenters. The second-order valence-corrected chi connectivity index (χ2v) is 7.85. The highest BCUT2D eigenvalue weighted by atomic mass is 16.5. The third-order valence-electron chi connectivity index (χ3n) is 5.24. The van der Waals surface area contributed by atoms with Gasteiger partial charge >= 0.3 is 0 Å². The summed E-state index contributed by atoms with van der Waals surface area (Å²) in [5.41, 5.74) is 2.12. The number of aryl methyl sites for hydroxylation is 2. The number of fused-ring (bicyclic) bond motifs is 1. The van der Waals surface area contributed by atoms with Gasteiger partial charge in [-0.25, -0.2) is 9.97 Å². The summed E-state index contributed by atoms with van der Waals surface area (Å²) in [5.74, 6) is 1.44. The first-order valence-electron chi connectivity index (χ1n) is 10.8. The minimum absolute atomic E-state index is 0.165. The van der Waals surface area contributed by atoms with Crippen LogP contribution in [0.4, 0.5) is 23.1 Å².